The van der Waals surface area contributed by atoms with Gasteiger partial charge in [0.1, 0.15) is 10.8 Å². The maximum Gasteiger partial charge on any atom is 0.323 e. The zero-order chi connectivity index (χ0) is 18.8. The van der Waals surface area contributed by atoms with Crippen molar-refractivity contribution in [2.75, 3.05) is 5.32 Å². The lowest BCUT2D eigenvalue weighted by Crippen LogP contribution is -2.13. The third-order valence-electron chi connectivity index (χ3n) is 3.82. The van der Waals surface area contributed by atoms with Crippen LogP contribution in [0.2, 0.25) is 0 Å². The Kier molecular flexibility index (Phi) is 4.51. The molecule has 4 rings (SSSR count). The summed E-state index contributed by atoms with van der Waals surface area (Å²) in [4.78, 5) is 33.7. The molecule has 0 atom stereocenters. The highest BCUT2D eigenvalue weighted by atomic mass is 32.2. The van der Waals surface area contributed by atoms with Gasteiger partial charge in [0, 0.05) is 23.7 Å². The van der Waals surface area contributed by atoms with Gasteiger partial charge < -0.3 is 19.8 Å². The number of pyridine rings is 1. The van der Waals surface area contributed by atoms with Crippen molar-refractivity contribution in [1.29, 1.82) is 0 Å². The van der Waals surface area contributed by atoms with E-state index in [2.05, 4.69) is 25.4 Å². The monoisotopic (exact) mass is 381 g/mol. The summed E-state index contributed by atoms with van der Waals surface area (Å²) in [5, 5.41) is 7.39. The first-order chi connectivity index (χ1) is 13.1. The van der Waals surface area contributed by atoms with Crippen molar-refractivity contribution in [2.24, 2.45) is 0 Å². The fourth-order valence-corrected chi connectivity index (χ4v) is 3.49. The van der Waals surface area contributed by atoms with Crippen molar-refractivity contribution in [3.05, 3.63) is 70.1 Å². The number of aromatic nitrogens is 4. The molecule has 3 aromatic heterocycles. The Morgan fingerprint density at radius 1 is 1.22 bits per heavy atom. The van der Waals surface area contributed by atoms with Crippen LogP contribution in [-0.4, -0.2) is 26.0 Å². The molecule has 0 bridgehead atoms. The predicted molar refractivity (Wildman–Crippen MR) is 102 cm³/mol. The molecule has 3 N–H and O–H groups in total. The van der Waals surface area contributed by atoms with Gasteiger partial charge in [0.25, 0.3) is 5.91 Å². The number of carbonyl (C=O) groups is 1. The summed E-state index contributed by atoms with van der Waals surface area (Å²) in [7, 11) is 0. The molecule has 0 unspecified atom stereocenters. The number of anilines is 1. The predicted octanol–water partition coefficient (Wildman–Crippen LogP) is 3.09. The van der Waals surface area contributed by atoms with Crippen LogP contribution in [0.25, 0.3) is 11.0 Å². The first-order valence-corrected chi connectivity index (χ1v) is 9.10. The first kappa shape index (κ1) is 17.1. The van der Waals surface area contributed by atoms with Crippen molar-refractivity contribution in [1.82, 2.24) is 20.1 Å². The molecule has 0 saturated heterocycles. The van der Waals surface area contributed by atoms with Gasteiger partial charge in [-0.15, -0.1) is 0 Å². The van der Waals surface area contributed by atoms with E-state index in [1.807, 2.05) is 13.0 Å². The van der Waals surface area contributed by atoms with Crippen LogP contribution in [0.4, 0.5) is 5.69 Å². The number of hydrogen-bond acceptors (Lipinski definition) is 6. The zero-order valence-corrected chi connectivity index (χ0v) is 15.1. The molecule has 1 aromatic carbocycles. The van der Waals surface area contributed by atoms with Gasteiger partial charge in [-0.3, -0.25) is 4.79 Å². The standard InChI is InChI=1S/C18H15N5O3S/c1-10-7-12(23-26-10)9-27-17-13(3-2-6-19-17)16(24)20-11-4-5-14-15(8-11)22-18(25)21-14/h2-8H,9H2,1H3,(H,20,24)(H2,21,22,25). The number of aromatic amines is 2. The van der Waals surface area contributed by atoms with Gasteiger partial charge in [0.05, 0.1) is 22.3 Å². The molecule has 1 amide bonds. The number of fused-ring (bicyclic) bond motifs is 1. The molecular formula is C18H15N5O3S. The fourth-order valence-electron chi connectivity index (χ4n) is 2.62. The number of thioether (sulfide) groups is 1. The second-order valence-corrected chi connectivity index (χ2v) is 6.83. The molecule has 3 heterocycles. The number of carbonyl (C=O) groups excluding carboxylic acids is 1. The molecule has 0 radical (unpaired) electrons. The Bertz CT molecular complexity index is 1180. The van der Waals surface area contributed by atoms with Gasteiger partial charge in [-0.2, -0.15) is 0 Å². The van der Waals surface area contributed by atoms with Gasteiger partial charge in [-0.1, -0.05) is 16.9 Å². The summed E-state index contributed by atoms with van der Waals surface area (Å²) in [6, 6.07) is 10.4. The summed E-state index contributed by atoms with van der Waals surface area (Å²) in [5.74, 6) is 1.01. The summed E-state index contributed by atoms with van der Waals surface area (Å²) >= 11 is 1.41. The molecule has 0 aliphatic rings. The smallest absolute Gasteiger partial charge is 0.323 e. The highest BCUT2D eigenvalue weighted by molar-refractivity contribution is 7.98. The van der Waals surface area contributed by atoms with Crippen LogP contribution < -0.4 is 11.0 Å². The molecule has 0 saturated carbocycles. The summed E-state index contributed by atoms with van der Waals surface area (Å²) in [6.45, 7) is 1.83. The molecule has 9 heteroatoms. The van der Waals surface area contributed by atoms with Crippen molar-refractivity contribution in [2.45, 2.75) is 17.7 Å². The first-order valence-electron chi connectivity index (χ1n) is 8.12. The average Bonchev–Trinajstić information content (AvgIpc) is 3.24. The van der Waals surface area contributed by atoms with E-state index in [1.54, 1.807) is 36.5 Å². The van der Waals surface area contributed by atoms with Crippen LogP contribution in [-0.2, 0) is 5.75 Å². The molecule has 0 fully saturated rings. The minimum Gasteiger partial charge on any atom is -0.361 e. The van der Waals surface area contributed by atoms with Crippen molar-refractivity contribution < 1.29 is 9.32 Å². The highest BCUT2D eigenvalue weighted by Gasteiger charge is 2.14. The summed E-state index contributed by atoms with van der Waals surface area (Å²) in [5.41, 5.74) is 2.84. The average molecular weight is 381 g/mol. The lowest BCUT2D eigenvalue weighted by atomic mass is 10.2. The Morgan fingerprint density at radius 3 is 2.89 bits per heavy atom. The minimum absolute atomic E-state index is 0.279. The van der Waals surface area contributed by atoms with Crippen LogP contribution >= 0.6 is 11.8 Å². The van der Waals surface area contributed by atoms with E-state index in [0.29, 0.717) is 33.1 Å². The third kappa shape index (κ3) is 3.77. The maximum atomic E-state index is 12.7. The Labute approximate surface area is 157 Å². The summed E-state index contributed by atoms with van der Waals surface area (Å²) in [6.07, 6.45) is 1.64. The second-order valence-electron chi connectivity index (χ2n) is 5.87. The van der Waals surface area contributed by atoms with Gasteiger partial charge in [-0.25, -0.2) is 9.78 Å². The normalized spacial score (nSPS) is 11.0. The van der Waals surface area contributed by atoms with Crippen molar-refractivity contribution >= 4 is 34.4 Å². The number of H-pyrrole nitrogens is 2. The zero-order valence-electron chi connectivity index (χ0n) is 14.3. The molecule has 0 aliphatic carbocycles. The van der Waals surface area contributed by atoms with Crippen LogP contribution in [0.5, 0.6) is 0 Å². The third-order valence-corrected chi connectivity index (χ3v) is 4.86. The van der Waals surface area contributed by atoms with Gasteiger partial charge >= 0.3 is 5.69 Å². The highest BCUT2D eigenvalue weighted by Crippen LogP contribution is 2.25. The molecule has 4 aromatic rings. The number of imidazole rings is 1. The number of rotatable bonds is 5. The Hall–Kier alpha value is -3.33. The number of hydrogen-bond donors (Lipinski definition) is 3. The molecule has 8 nitrogen and oxygen atoms in total. The van der Waals surface area contributed by atoms with E-state index in [9.17, 15) is 9.59 Å². The lowest BCUT2D eigenvalue weighted by Gasteiger charge is -2.08. The number of nitrogens with one attached hydrogen (secondary N) is 3. The molecule has 0 spiro atoms. The van der Waals surface area contributed by atoms with Gasteiger partial charge in [0.15, 0.2) is 0 Å². The van der Waals surface area contributed by atoms with Gasteiger partial charge in [-0.05, 0) is 37.3 Å². The largest absolute Gasteiger partial charge is 0.361 e. The maximum absolute atomic E-state index is 12.7. The molecular weight excluding hydrogens is 366 g/mol. The second kappa shape index (κ2) is 7.12. The minimum atomic E-state index is -0.289. The number of aryl methyl sites for hydroxylation is 1. The fraction of sp³-hybridized carbons (Fsp3) is 0.111. The van der Waals surface area contributed by atoms with Crippen LogP contribution in [0.1, 0.15) is 21.8 Å². The Morgan fingerprint density at radius 2 is 2.07 bits per heavy atom. The number of benzene rings is 1. The summed E-state index contributed by atoms with van der Waals surface area (Å²) < 4.78 is 5.06. The number of nitrogens with zero attached hydrogens (tertiary/aromatic N) is 2. The molecule has 136 valence electrons. The Balaban J connectivity index is 1.53. The van der Waals surface area contributed by atoms with Crippen molar-refractivity contribution in [3.8, 4) is 0 Å². The number of amides is 1. The van der Waals surface area contributed by atoms with Crippen LogP contribution in [0, 0.1) is 6.92 Å². The van der Waals surface area contributed by atoms with E-state index < -0.39 is 0 Å². The molecule has 0 aliphatic heterocycles. The van der Waals surface area contributed by atoms with E-state index in [4.69, 9.17) is 4.52 Å². The van der Waals surface area contributed by atoms with E-state index in [1.165, 1.54) is 11.8 Å². The topological polar surface area (TPSA) is 117 Å². The van der Waals surface area contributed by atoms with Crippen LogP contribution in [0.3, 0.4) is 0 Å². The van der Waals surface area contributed by atoms with Gasteiger partial charge in [0.2, 0.25) is 0 Å². The van der Waals surface area contributed by atoms with E-state index in [0.717, 1.165) is 11.5 Å². The van der Waals surface area contributed by atoms with Crippen LogP contribution in [0.15, 0.2) is 56.9 Å². The quantitative estimate of drug-likeness (QED) is 0.457. The molecule has 27 heavy (non-hydrogen) atoms. The van der Waals surface area contributed by atoms with Crippen molar-refractivity contribution in [3.63, 3.8) is 0 Å². The SMILES string of the molecule is Cc1cc(CSc2ncccc2C(=O)Nc2ccc3[nH]c(=O)[nH]c3c2)no1. The van der Waals surface area contributed by atoms with E-state index in [-0.39, 0.29) is 11.6 Å². The lowest BCUT2D eigenvalue weighted by molar-refractivity contribution is 0.102. The van der Waals surface area contributed by atoms with E-state index >= 15 is 0 Å².